The molecule has 3 heterocycles. The van der Waals surface area contributed by atoms with E-state index in [2.05, 4.69) is 203 Å². The van der Waals surface area contributed by atoms with Gasteiger partial charge in [-0.1, -0.05) is 170 Å². The van der Waals surface area contributed by atoms with E-state index in [1.807, 2.05) is 36.4 Å². The fourth-order valence-corrected chi connectivity index (χ4v) is 9.14. The maximum Gasteiger partial charge on any atom is 0.160 e. The van der Waals surface area contributed by atoms with Crippen LogP contribution in [0.4, 0.5) is 0 Å². The summed E-state index contributed by atoms with van der Waals surface area (Å²) in [4.78, 5) is 10.1. The van der Waals surface area contributed by atoms with Gasteiger partial charge in [-0.05, 0) is 82.9 Å². The van der Waals surface area contributed by atoms with E-state index in [4.69, 9.17) is 9.97 Å². The number of hydrogen-bond acceptors (Lipinski definition) is 2. The Morgan fingerprint density at radius 1 is 0.242 bits per heavy atom. The van der Waals surface area contributed by atoms with Gasteiger partial charge < -0.3 is 9.13 Å². The average molecular weight is 791 g/mol. The van der Waals surface area contributed by atoms with Crippen LogP contribution in [0.3, 0.4) is 0 Å². The summed E-state index contributed by atoms with van der Waals surface area (Å²) in [5.41, 5.74) is 16.6. The normalized spacial score (nSPS) is 11.5. The van der Waals surface area contributed by atoms with E-state index in [0.29, 0.717) is 5.82 Å². The van der Waals surface area contributed by atoms with E-state index in [1.54, 1.807) is 0 Å². The molecule has 62 heavy (non-hydrogen) atoms. The second-order valence-corrected chi connectivity index (χ2v) is 15.8. The minimum atomic E-state index is 0.706. The van der Waals surface area contributed by atoms with Crippen LogP contribution < -0.4 is 0 Å². The van der Waals surface area contributed by atoms with Gasteiger partial charge in [0.25, 0.3) is 0 Å². The molecule has 12 rings (SSSR count). The molecule has 4 nitrogen and oxygen atoms in total. The van der Waals surface area contributed by atoms with Crippen LogP contribution in [0.25, 0.3) is 111 Å². The molecule has 0 fully saturated rings. The van der Waals surface area contributed by atoms with Gasteiger partial charge in [0.05, 0.1) is 33.5 Å². The Labute approximate surface area is 359 Å². The molecule has 0 saturated heterocycles. The molecule has 0 saturated carbocycles. The second-order valence-electron chi connectivity index (χ2n) is 15.8. The summed E-state index contributed by atoms with van der Waals surface area (Å²) >= 11 is 0. The summed E-state index contributed by atoms with van der Waals surface area (Å²) in [5, 5.41) is 4.96. The largest absolute Gasteiger partial charge is 0.309 e. The Kier molecular flexibility index (Phi) is 8.46. The molecular formula is C58H38N4. The summed E-state index contributed by atoms with van der Waals surface area (Å²) in [7, 11) is 0. The number of benzene rings is 9. The molecule has 0 aliphatic carbocycles. The van der Waals surface area contributed by atoms with Crippen molar-refractivity contribution < 1.29 is 0 Å². The molecule has 0 aliphatic rings. The molecule has 290 valence electrons. The Morgan fingerprint density at radius 3 is 1.29 bits per heavy atom. The standard InChI is InChI=1S/C58H38N4/c1-4-14-41(15-5-1)52-38-53(42-16-6-2-7-17-42)60-58(59-52)43-26-24-39(25-27-43)44-31-35-56-51(36-44)49-21-11-13-23-55(49)61(56)47-32-28-40(29-33-47)45-30-34-50-48-20-10-12-22-54(48)62(57(50)37-45)46-18-8-3-9-19-46/h1-38H. The first-order valence-corrected chi connectivity index (χ1v) is 21.1. The third-order valence-corrected chi connectivity index (χ3v) is 12.2. The molecule has 0 atom stereocenters. The molecule has 0 unspecified atom stereocenters. The number of hydrogen-bond donors (Lipinski definition) is 0. The van der Waals surface area contributed by atoms with Gasteiger partial charge in [-0.15, -0.1) is 0 Å². The zero-order valence-electron chi connectivity index (χ0n) is 33.7. The van der Waals surface area contributed by atoms with E-state index >= 15 is 0 Å². The third kappa shape index (κ3) is 6.08. The zero-order valence-corrected chi connectivity index (χ0v) is 33.7. The molecule has 4 heteroatoms. The van der Waals surface area contributed by atoms with Crippen molar-refractivity contribution in [3.05, 3.63) is 231 Å². The molecule has 0 N–H and O–H groups in total. The lowest BCUT2D eigenvalue weighted by Gasteiger charge is -2.11. The molecule has 0 amide bonds. The maximum atomic E-state index is 5.05. The van der Waals surface area contributed by atoms with Gasteiger partial charge in [-0.25, -0.2) is 9.97 Å². The van der Waals surface area contributed by atoms with Crippen molar-refractivity contribution in [2.24, 2.45) is 0 Å². The Hall–Kier alpha value is -8.34. The molecule has 0 aliphatic heterocycles. The van der Waals surface area contributed by atoms with Crippen molar-refractivity contribution in [2.75, 3.05) is 0 Å². The van der Waals surface area contributed by atoms with Crippen molar-refractivity contribution >= 4 is 43.6 Å². The van der Waals surface area contributed by atoms with Crippen LogP contribution in [-0.2, 0) is 0 Å². The molecule has 0 spiro atoms. The number of para-hydroxylation sites is 3. The summed E-state index contributed by atoms with van der Waals surface area (Å²) < 4.78 is 4.77. The molecule has 12 aromatic rings. The molecular weight excluding hydrogens is 753 g/mol. The highest BCUT2D eigenvalue weighted by Gasteiger charge is 2.17. The van der Waals surface area contributed by atoms with Crippen LogP contribution in [0.2, 0.25) is 0 Å². The van der Waals surface area contributed by atoms with E-state index in [1.165, 1.54) is 54.7 Å². The van der Waals surface area contributed by atoms with Crippen LogP contribution in [-0.4, -0.2) is 19.1 Å². The van der Waals surface area contributed by atoms with Crippen LogP contribution in [0.15, 0.2) is 231 Å². The first-order valence-electron chi connectivity index (χ1n) is 21.1. The minimum absolute atomic E-state index is 0.706. The summed E-state index contributed by atoms with van der Waals surface area (Å²) in [6, 6.07) is 82.2. The smallest absolute Gasteiger partial charge is 0.160 e. The fraction of sp³-hybridized carbons (Fsp3) is 0. The summed E-state index contributed by atoms with van der Waals surface area (Å²) in [5.74, 6) is 0.706. The fourth-order valence-electron chi connectivity index (χ4n) is 9.14. The highest BCUT2D eigenvalue weighted by atomic mass is 15.0. The highest BCUT2D eigenvalue weighted by molar-refractivity contribution is 6.11. The van der Waals surface area contributed by atoms with Gasteiger partial charge in [0.15, 0.2) is 5.82 Å². The quantitative estimate of drug-likeness (QED) is 0.161. The molecule has 0 bridgehead atoms. The van der Waals surface area contributed by atoms with Crippen molar-refractivity contribution in [3.63, 3.8) is 0 Å². The Balaban J connectivity index is 0.893. The summed E-state index contributed by atoms with van der Waals surface area (Å²) in [6.07, 6.45) is 0. The summed E-state index contributed by atoms with van der Waals surface area (Å²) in [6.45, 7) is 0. The van der Waals surface area contributed by atoms with Gasteiger partial charge in [-0.2, -0.15) is 0 Å². The van der Waals surface area contributed by atoms with Gasteiger partial charge in [0.1, 0.15) is 0 Å². The van der Waals surface area contributed by atoms with Gasteiger partial charge in [0.2, 0.25) is 0 Å². The Bertz CT molecular complexity index is 3530. The molecule has 9 aromatic carbocycles. The number of fused-ring (bicyclic) bond motifs is 6. The minimum Gasteiger partial charge on any atom is -0.309 e. The van der Waals surface area contributed by atoms with Gasteiger partial charge in [0, 0.05) is 49.6 Å². The maximum absolute atomic E-state index is 5.05. The lowest BCUT2D eigenvalue weighted by atomic mass is 10.0. The Morgan fingerprint density at radius 2 is 0.661 bits per heavy atom. The first kappa shape index (κ1) is 35.6. The van der Waals surface area contributed by atoms with E-state index in [0.717, 1.165) is 50.6 Å². The second kappa shape index (κ2) is 14.7. The SMILES string of the molecule is c1ccc(-c2cc(-c3ccccc3)nc(-c3ccc(-c4ccc5c(c4)c4ccccc4n5-c4ccc(-c5ccc6c7ccccc7n(-c7ccccc7)c6c5)cc4)cc3)n2)cc1. The molecule has 3 aromatic heterocycles. The van der Waals surface area contributed by atoms with Gasteiger partial charge >= 0.3 is 0 Å². The van der Waals surface area contributed by atoms with Crippen LogP contribution in [0.1, 0.15) is 0 Å². The van der Waals surface area contributed by atoms with Crippen LogP contribution in [0.5, 0.6) is 0 Å². The van der Waals surface area contributed by atoms with Gasteiger partial charge in [-0.3, -0.25) is 0 Å². The molecule has 0 radical (unpaired) electrons. The van der Waals surface area contributed by atoms with Crippen molar-refractivity contribution in [1.82, 2.24) is 19.1 Å². The lowest BCUT2D eigenvalue weighted by molar-refractivity contribution is 1.18. The number of rotatable bonds is 7. The first-order chi connectivity index (χ1) is 30.7. The average Bonchev–Trinajstić information content (AvgIpc) is 3.87. The van der Waals surface area contributed by atoms with E-state index in [-0.39, 0.29) is 0 Å². The third-order valence-electron chi connectivity index (χ3n) is 12.2. The van der Waals surface area contributed by atoms with E-state index in [9.17, 15) is 0 Å². The zero-order chi connectivity index (χ0) is 41.0. The van der Waals surface area contributed by atoms with Crippen LogP contribution >= 0.6 is 0 Å². The van der Waals surface area contributed by atoms with E-state index < -0.39 is 0 Å². The van der Waals surface area contributed by atoms with Crippen molar-refractivity contribution in [3.8, 4) is 67.5 Å². The van der Waals surface area contributed by atoms with Crippen LogP contribution in [0, 0.1) is 0 Å². The van der Waals surface area contributed by atoms with Crippen molar-refractivity contribution in [2.45, 2.75) is 0 Å². The number of nitrogens with zero attached hydrogens (tertiary/aromatic N) is 4. The monoisotopic (exact) mass is 790 g/mol. The highest BCUT2D eigenvalue weighted by Crippen LogP contribution is 2.38. The predicted molar refractivity (Wildman–Crippen MR) is 258 cm³/mol. The topological polar surface area (TPSA) is 35.6 Å². The van der Waals surface area contributed by atoms with Crippen molar-refractivity contribution in [1.29, 1.82) is 0 Å². The predicted octanol–water partition coefficient (Wildman–Crippen LogP) is 15.0. The lowest BCUT2D eigenvalue weighted by Crippen LogP contribution is -1.96. The number of aromatic nitrogens is 4.